The van der Waals surface area contributed by atoms with Gasteiger partial charge in [-0.2, -0.15) is 0 Å². The lowest BCUT2D eigenvalue weighted by Gasteiger charge is -2.07. The van der Waals surface area contributed by atoms with E-state index in [1.165, 1.54) is 6.07 Å². The average molecular weight is 301 g/mol. The number of nitrogens with one attached hydrogen (secondary N) is 1. The van der Waals surface area contributed by atoms with Gasteiger partial charge in [0.2, 0.25) is 0 Å². The zero-order valence-electron chi connectivity index (χ0n) is 9.62. The number of benzene rings is 1. The van der Waals surface area contributed by atoms with E-state index in [1.54, 1.807) is 24.3 Å². The van der Waals surface area contributed by atoms with Crippen molar-refractivity contribution < 1.29 is 18.4 Å². The molecule has 0 bridgehead atoms. The van der Waals surface area contributed by atoms with Crippen molar-refractivity contribution in [1.82, 2.24) is 0 Å². The molecule has 0 amide bonds. The Morgan fingerprint density at radius 2 is 1.84 bits per heavy atom. The molecule has 1 aromatic heterocycles. The number of aromatic nitrogens is 1. The number of hydrogen-bond donors (Lipinski definition) is 3. The minimum atomic E-state index is -3.76. The fourth-order valence-electron chi connectivity index (χ4n) is 1.39. The summed E-state index contributed by atoms with van der Waals surface area (Å²) >= 11 is 5.71. The largest absolute Gasteiger partial charge is 0.350 e. The van der Waals surface area contributed by atoms with Crippen molar-refractivity contribution in [3.05, 3.63) is 47.6 Å². The summed E-state index contributed by atoms with van der Waals surface area (Å²) < 4.78 is 27.1. The van der Waals surface area contributed by atoms with Crippen LogP contribution in [0.4, 0.5) is 11.5 Å². The molecule has 0 saturated carbocycles. The van der Waals surface area contributed by atoms with E-state index in [9.17, 15) is 13.6 Å². The van der Waals surface area contributed by atoms with Gasteiger partial charge in [0.05, 0.1) is 11.0 Å². The number of hydrogen-bond acceptors (Lipinski definition) is 4. The quantitative estimate of drug-likeness (QED) is 0.587. The summed E-state index contributed by atoms with van der Waals surface area (Å²) in [6.45, 7) is 0. The van der Waals surface area contributed by atoms with Gasteiger partial charge in [0.15, 0.2) is 0 Å². The molecule has 2 aromatic rings. The lowest BCUT2D eigenvalue weighted by molar-refractivity contribution is -0.893. The number of anilines is 2. The third-order valence-electron chi connectivity index (χ3n) is 2.34. The van der Waals surface area contributed by atoms with Crippen molar-refractivity contribution in [2.45, 2.75) is 4.90 Å². The van der Waals surface area contributed by atoms with Crippen molar-refractivity contribution in [3.8, 4) is 0 Å². The fourth-order valence-corrected chi connectivity index (χ4v) is 2.60. The lowest BCUT2D eigenvalue weighted by atomic mass is 10.3. The van der Waals surface area contributed by atoms with Crippen LogP contribution in [0.25, 0.3) is 0 Å². The molecule has 6 nitrogen and oxygen atoms in total. The van der Waals surface area contributed by atoms with Crippen LogP contribution in [0.2, 0.25) is 5.02 Å². The van der Waals surface area contributed by atoms with Crippen LogP contribution >= 0.6 is 11.6 Å². The van der Waals surface area contributed by atoms with E-state index < -0.39 is 10.0 Å². The maximum absolute atomic E-state index is 12.1. The standard InChI is InChI=1S/C11H10ClN3O3S/c12-8-1-3-9(4-2-8)14-19(17,18)10-5-6-15(16)11(13)7-10/h1-7,13-14,16H/p+1. The molecule has 4 N–H and O–H groups in total. The van der Waals surface area contributed by atoms with Gasteiger partial charge in [-0.3, -0.25) is 10.5 Å². The van der Waals surface area contributed by atoms with Crippen LogP contribution in [0.3, 0.4) is 0 Å². The second-order valence-electron chi connectivity index (χ2n) is 3.74. The number of rotatable bonds is 3. The number of pyridine rings is 1. The van der Waals surface area contributed by atoms with Gasteiger partial charge in [-0.05, 0) is 24.3 Å². The Labute approximate surface area is 115 Å². The first kappa shape index (κ1) is 13.4. The van der Waals surface area contributed by atoms with E-state index in [1.807, 2.05) is 0 Å². The molecule has 100 valence electrons. The highest BCUT2D eigenvalue weighted by atomic mass is 35.5. The molecule has 0 saturated heterocycles. The minimum Gasteiger partial charge on any atom is -0.350 e. The summed E-state index contributed by atoms with van der Waals surface area (Å²) in [6.07, 6.45) is 1.14. The summed E-state index contributed by atoms with van der Waals surface area (Å²) in [6, 6.07) is 8.60. The normalized spacial score (nSPS) is 11.2. The SMILES string of the molecule is Nc1cc(S(=O)(=O)Nc2ccc(Cl)cc2)cc[n+]1O. The van der Waals surface area contributed by atoms with Crippen LogP contribution in [-0.2, 0) is 10.0 Å². The van der Waals surface area contributed by atoms with E-state index in [4.69, 9.17) is 17.3 Å². The zero-order valence-corrected chi connectivity index (χ0v) is 11.2. The van der Waals surface area contributed by atoms with E-state index in [0.717, 1.165) is 12.3 Å². The number of nitrogens with zero attached hydrogens (tertiary/aromatic N) is 1. The summed E-state index contributed by atoms with van der Waals surface area (Å²) in [5, 5.41) is 9.70. The number of sulfonamides is 1. The third kappa shape index (κ3) is 3.07. The number of nitrogen functional groups attached to an aromatic ring is 1. The highest BCUT2D eigenvalue weighted by Gasteiger charge is 2.17. The molecule has 1 aromatic carbocycles. The van der Waals surface area contributed by atoms with Gasteiger partial charge in [-0.1, -0.05) is 16.3 Å². The van der Waals surface area contributed by atoms with Crippen LogP contribution < -0.4 is 15.2 Å². The monoisotopic (exact) mass is 300 g/mol. The summed E-state index contributed by atoms with van der Waals surface area (Å²) in [5.74, 6) is -0.0843. The molecule has 0 spiro atoms. The van der Waals surface area contributed by atoms with Crippen LogP contribution in [0.5, 0.6) is 0 Å². The molecule has 0 radical (unpaired) electrons. The highest BCUT2D eigenvalue weighted by Crippen LogP contribution is 2.18. The molecule has 2 rings (SSSR count). The van der Waals surface area contributed by atoms with Crippen molar-refractivity contribution >= 4 is 33.1 Å². The average Bonchev–Trinajstić information content (AvgIpc) is 2.35. The molecule has 0 fully saturated rings. The molecular weight excluding hydrogens is 290 g/mol. The van der Waals surface area contributed by atoms with E-state index in [0.29, 0.717) is 15.4 Å². The molecule has 0 aliphatic carbocycles. The van der Waals surface area contributed by atoms with Crippen LogP contribution in [0.15, 0.2) is 47.5 Å². The fraction of sp³-hybridized carbons (Fsp3) is 0. The number of halogens is 1. The molecule has 0 unspecified atom stereocenters. The van der Waals surface area contributed by atoms with Crippen molar-refractivity contribution in [2.24, 2.45) is 0 Å². The highest BCUT2D eigenvalue weighted by molar-refractivity contribution is 7.92. The van der Waals surface area contributed by atoms with Gasteiger partial charge in [0.25, 0.3) is 10.0 Å². The minimum absolute atomic E-state index is 0.0507. The predicted molar refractivity (Wildman–Crippen MR) is 70.5 cm³/mol. The zero-order chi connectivity index (χ0) is 14.0. The van der Waals surface area contributed by atoms with E-state index in [2.05, 4.69) is 4.72 Å². The van der Waals surface area contributed by atoms with Gasteiger partial charge >= 0.3 is 5.82 Å². The second-order valence-corrected chi connectivity index (χ2v) is 5.86. The first-order valence-electron chi connectivity index (χ1n) is 5.17. The van der Waals surface area contributed by atoms with Crippen LogP contribution in [0, 0.1) is 0 Å². The van der Waals surface area contributed by atoms with Crippen molar-refractivity contribution in [2.75, 3.05) is 10.5 Å². The Morgan fingerprint density at radius 1 is 1.21 bits per heavy atom. The molecule has 0 aliphatic heterocycles. The summed E-state index contributed by atoms with van der Waals surface area (Å²) in [5.41, 5.74) is 5.81. The Hall–Kier alpha value is -1.99. The molecule has 8 heteroatoms. The first-order valence-corrected chi connectivity index (χ1v) is 7.03. The van der Waals surface area contributed by atoms with Crippen LogP contribution in [-0.4, -0.2) is 13.6 Å². The van der Waals surface area contributed by atoms with E-state index in [-0.39, 0.29) is 10.7 Å². The Kier molecular flexibility index (Phi) is 3.50. The lowest BCUT2D eigenvalue weighted by Crippen LogP contribution is -2.33. The predicted octanol–water partition coefficient (Wildman–Crippen LogP) is 1.25. The van der Waals surface area contributed by atoms with E-state index >= 15 is 0 Å². The van der Waals surface area contributed by atoms with Gasteiger partial charge in [-0.25, -0.2) is 8.42 Å². The second kappa shape index (κ2) is 4.94. The molecule has 0 aliphatic rings. The molecule has 1 heterocycles. The Balaban J connectivity index is 2.32. The maximum Gasteiger partial charge on any atom is 0.313 e. The Morgan fingerprint density at radius 3 is 2.42 bits per heavy atom. The van der Waals surface area contributed by atoms with Gasteiger partial charge in [0, 0.05) is 16.8 Å². The molecular formula is C11H11ClN3O3S+. The third-order valence-corrected chi connectivity index (χ3v) is 3.97. The van der Waals surface area contributed by atoms with Gasteiger partial charge < -0.3 is 5.21 Å². The van der Waals surface area contributed by atoms with Gasteiger partial charge in [0.1, 0.15) is 6.20 Å². The molecule has 0 atom stereocenters. The molecule has 19 heavy (non-hydrogen) atoms. The summed E-state index contributed by atoms with van der Waals surface area (Å²) in [7, 11) is -3.76. The topological polar surface area (TPSA) is 96.3 Å². The Bertz CT molecular complexity index is 702. The van der Waals surface area contributed by atoms with Crippen molar-refractivity contribution in [1.29, 1.82) is 0 Å². The number of nitrogens with two attached hydrogens (primary N) is 1. The van der Waals surface area contributed by atoms with Crippen molar-refractivity contribution in [3.63, 3.8) is 0 Å². The van der Waals surface area contributed by atoms with Gasteiger partial charge in [-0.15, -0.1) is 0 Å². The first-order chi connectivity index (χ1) is 8.88. The van der Waals surface area contributed by atoms with Crippen LogP contribution in [0.1, 0.15) is 0 Å². The summed E-state index contributed by atoms with van der Waals surface area (Å²) in [4.78, 5) is -0.0507. The smallest absolute Gasteiger partial charge is 0.313 e. The maximum atomic E-state index is 12.1.